The summed E-state index contributed by atoms with van der Waals surface area (Å²) in [6.07, 6.45) is 7.38. The number of nitro groups is 1. The number of oxime groups is 1. The number of nitrogens with zero attached hydrogens (tertiary/aromatic N) is 3. The van der Waals surface area contributed by atoms with Gasteiger partial charge in [0.05, 0.1) is 23.2 Å². The minimum atomic E-state index is -1.62. The van der Waals surface area contributed by atoms with E-state index in [2.05, 4.69) is 18.7 Å². The van der Waals surface area contributed by atoms with Crippen LogP contribution in [-0.4, -0.2) is 70.1 Å². The fourth-order valence-electron chi connectivity index (χ4n) is 10.1. The Morgan fingerprint density at radius 1 is 0.925 bits per heavy atom. The van der Waals surface area contributed by atoms with Crippen molar-refractivity contribution in [3.63, 3.8) is 0 Å². The number of nitro benzene ring substituents is 1. The molecule has 3 aliphatic rings. The number of hydrogen-bond acceptors (Lipinski definition) is 11. The number of hydrogen-bond donors (Lipinski definition) is 2. The molecule has 0 aromatic heterocycles. The molecule has 1 aliphatic heterocycles. The second-order valence-corrected chi connectivity index (χ2v) is 17.2. The van der Waals surface area contributed by atoms with Gasteiger partial charge in [-0.15, -0.1) is 6.58 Å². The zero-order valence-corrected chi connectivity index (χ0v) is 37.5. The Balaban J connectivity index is 1.32. The molecule has 13 nitrogen and oxygen atoms in total. The summed E-state index contributed by atoms with van der Waals surface area (Å²) in [4.78, 5) is 33.3. The second-order valence-electron chi connectivity index (χ2n) is 17.2. The number of carbonyl (C=O) groups excluding carboxylic acids is 1. The molecular formula is C53H56FN3O10. The molecule has 350 valence electrons. The van der Waals surface area contributed by atoms with Crippen molar-refractivity contribution in [3.05, 3.63) is 161 Å². The molecule has 5 aromatic rings. The van der Waals surface area contributed by atoms with Crippen molar-refractivity contribution in [2.24, 2.45) is 22.9 Å². The topological polar surface area (TPSA) is 162 Å². The van der Waals surface area contributed by atoms with Crippen molar-refractivity contribution in [3.8, 4) is 23.0 Å². The first-order valence-electron chi connectivity index (χ1n) is 23.0. The lowest BCUT2D eigenvalue weighted by Crippen LogP contribution is -2.70. The first-order valence-corrected chi connectivity index (χ1v) is 23.0. The maximum atomic E-state index is 15.0. The van der Waals surface area contributed by atoms with Gasteiger partial charge in [-0.2, -0.15) is 0 Å². The SMILES string of the molecule is C=CCO[C@@]12Oc3ccc(Oc4ccc5ccccc5c4)cc3[C@H]3[C@H](CCCCO)[C@@H](CCCCO)C=C(C(=NOCC)C[C@@H]1N(Cc1ccc(F)cc1)C(=O)Oc1ccc([N+](=O)[O-])cc1)[C@H]32. The third-order valence-electron chi connectivity index (χ3n) is 13.0. The van der Waals surface area contributed by atoms with Crippen LogP contribution in [0.1, 0.15) is 68.9 Å². The number of benzene rings is 5. The number of unbranched alkanes of at least 4 members (excludes halogenated alkanes) is 2. The van der Waals surface area contributed by atoms with Gasteiger partial charge in [0.1, 0.15) is 41.5 Å². The fraction of sp³-hybridized carbons (Fsp3) is 0.358. The maximum absolute atomic E-state index is 15.0. The van der Waals surface area contributed by atoms with E-state index >= 15 is 0 Å². The van der Waals surface area contributed by atoms with E-state index in [-0.39, 0.29) is 68.6 Å². The van der Waals surface area contributed by atoms with E-state index in [9.17, 15) is 29.5 Å². The molecule has 14 heteroatoms. The van der Waals surface area contributed by atoms with Crippen molar-refractivity contribution in [1.29, 1.82) is 0 Å². The number of ether oxygens (including phenoxy) is 4. The molecule has 0 spiro atoms. The van der Waals surface area contributed by atoms with Crippen LogP contribution in [0.2, 0.25) is 0 Å². The van der Waals surface area contributed by atoms with Crippen LogP contribution in [0.4, 0.5) is 14.9 Å². The quantitative estimate of drug-likeness (QED) is 0.0333. The van der Waals surface area contributed by atoms with Crippen LogP contribution in [0.15, 0.2) is 139 Å². The summed E-state index contributed by atoms with van der Waals surface area (Å²) in [5.41, 5.74) is 2.73. The normalized spacial score (nSPS) is 22.2. The average molecular weight is 914 g/mol. The summed E-state index contributed by atoms with van der Waals surface area (Å²) in [6.45, 7) is 6.17. The van der Waals surface area contributed by atoms with E-state index in [0.29, 0.717) is 41.4 Å². The van der Waals surface area contributed by atoms with Gasteiger partial charge in [-0.05, 0) is 121 Å². The number of halogens is 1. The van der Waals surface area contributed by atoms with Gasteiger partial charge >= 0.3 is 6.09 Å². The third kappa shape index (κ3) is 10.2. The zero-order valence-electron chi connectivity index (χ0n) is 37.5. The Kier molecular flexibility index (Phi) is 14.9. The Hall–Kier alpha value is -6.61. The summed E-state index contributed by atoms with van der Waals surface area (Å²) in [6, 6.07) is 29.9. The van der Waals surface area contributed by atoms with Crippen LogP contribution in [0.3, 0.4) is 0 Å². The second kappa shape index (κ2) is 21.3. The fourth-order valence-corrected chi connectivity index (χ4v) is 10.1. The highest BCUT2D eigenvalue weighted by Gasteiger charge is 2.65. The molecule has 2 N–H and O–H groups in total. The van der Waals surface area contributed by atoms with E-state index < -0.39 is 34.6 Å². The lowest BCUT2D eigenvalue weighted by molar-refractivity contribution is -0.384. The number of amides is 1. The van der Waals surface area contributed by atoms with E-state index in [0.717, 1.165) is 47.6 Å². The number of fused-ring (bicyclic) bond motifs is 3. The summed E-state index contributed by atoms with van der Waals surface area (Å²) in [5.74, 6) is -1.22. The predicted molar refractivity (Wildman–Crippen MR) is 252 cm³/mol. The minimum Gasteiger partial charge on any atom is -0.459 e. The largest absolute Gasteiger partial charge is 0.459 e. The molecule has 0 unspecified atom stereocenters. The van der Waals surface area contributed by atoms with Gasteiger partial charge in [0.15, 0.2) is 0 Å². The van der Waals surface area contributed by atoms with Crippen LogP contribution in [-0.2, 0) is 16.1 Å². The molecule has 1 heterocycles. The first-order chi connectivity index (χ1) is 32.7. The molecule has 6 atom stereocenters. The predicted octanol–water partition coefficient (Wildman–Crippen LogP) is 11.0. The van der Waals surface area contributed by atoms with E-state index in [4.69, 9.17) is 28.9 Å². The Morgan fingerprint density at radius 2 is 1.63 bits per heavy atom. The molecular weight excluding hydrogens is 858 g/mol. The maximum Gasteiger partial charge on any atom is 0.416 e. The number of aliphatic hydroxyl groups is 2. The highest BCUT2D eigenvalue weighted by atomic mass is 19.1. The van der Waals surface area contributed by atoms with Crippen LogP contribution in [0, 0.1) is 33.7 Å². The molecule has 0 bridgehead atoms. The van der Waals surface area contributed by atoms with Crippen molar-refractivity contribution < 1.29 is 48.1 Å². The Labute approximate surface area is 389 Å². The number of carbonyl (C=O) groups is 1. The molecule has 5 aromatic carbocycles. The van der Waals surface area contributed by atoms with E-state index in [1.54, 1.807) is 18.2 Å². The summed E-state index contributed by atoms with van der Waals surface area (Å²) in [7, 11) is 0. The molecule has 2 aliphatic carbocycles. The Bertz CT molecular complexity index is 2600. The number of rotatable bonds is 20. The van der Waals surface area contributed by atoms with Crippen molar-refractivity contribution in [1.82, 2.24) is 4.90 Å². The minimum absolute atomic E-state index is 0.000377. The average Bonchev–Trinajstić information content (AvgIpc) is 3.34. The van der Waals surface area contributed by atoms with Gasteiger partial charge in [0.2, 0.25) is 5.79 Å². The highest BCUT2D eigenvalue weighted by molar-refractivity contribution is 6.03. The molecule has 0 radical (unpaired) electrons. The molecule has 67 heavy (non-hydrogen) atoms. The molecule has 1 amide bonds. The Morgan fingerprint density at radius 3 is 2.34 bits per heavy atom. The van der Waals surface area contributed by atoms with Gasteiger partial charge in [0.25, 0.3) is 5.69 Å². The van der Waals surface area contributed by atoms with Crippen LogP contribution in [0.25, 0.3) is 10.8 Å². The van der Waals surface area contributed by atoms with Crippen molar-refractivity contribution in [2.75, 3.05) is 26.4 Å². The van der Waals surface area contributed by atoms with Gasteiger partial charge in [-0.1, -0.05) is 72.6 Å². The lowest BCUT2D eigenvalue weighted by atomic mass is 9.55. The number of allylic oxidation sites excluding steroid dienone is 1. The molecule has 1 fully saturated rings. The monoisotopic (exact) mass is 913 g/mol. The molecule has 8 rings (SSSR count). The van der Waals surface area contributed by atoms with Crippen LogP contribution in [0.5, 0.6) is 23.0 Å². The standard InChI is InChI=1S/C53H56FN3O10/c1-3-29-63-53-49(56(34-35-15-18-39(54)19-16-35)52(60)66-41-23-20-40(21-24-41)57(61)62)33-47(55-64-4-2)45-31-38(13-7-9-27-58)44(14-8-10-28-59)50(51(45)53)46-32-43(25-26-48(46)67-53)65-42-22-17-36-11-5-6-12-37(36)30-42/h3,5-6,11-12,15-26,30-32,38,44,49-51,58-59H,1,4,7-10,13-14,27-29,33-34H2,2H3/t38-,44+,49-,50+,51+,53+/m0/s1. The molecule has 0 saturated heterocycles. The van der Waals surface area contributed by atoms with Crippen LogP contribution < -0.4 is 14.2 Å². The highest BCUT2D eigenvalue weighted by Crippen LogP contribution is 2.62. The van der Waals surface area contributed by atoms with Crippen molar-refractivity contribution in [2.45, 2.75) is 76.2 Å². The summed E-state index contributed by atoms with van der Waals surface area (Å²) < 4.78 is 41.5. The van der Waals surface area contributed by atoms with E-state index in [1.807, 2.05) is 61.5 Å². The smallest absolute Gasteiger partial charge is 0.416 e. The lowest BCUT2D eigenvalue weighted by Gasteiger charge is -2.59. The van der Waals surface area contributed by atoms with Gasteiger partial charge in [0, 0.05) is 49.8 Å². The summed E-state index contributed by atoms with van der Waals surface area (Å²) >= 11 is 0. The van der Waals surface area contributed by atoms with Gasteiger partial charge in [-0.3, -0.25) is 15.0 Å². The number of non-ortho nitro benzene ring substituents is 1. The van der Waals surface area contributed by atoms with Gasteiger partial charge < -0.3 is 34.0 Å². The summed E-state index contributed by atoms with van der Waals surface area (Å²) in [5, 5.41) is 38.3. The third-order valence-corrected chi connectivity index (χ3v) is 13.0. The zero-order chi connectivity index (χ0) is 46.9. The first kappa shape index (κ1) is 46.9. The molecule has 1 saturated carbocycles. The van der Waals surface area contributed by atoms with E-state index in [1.165, 1.54) is 41.3 Å². The van der Waals surface area contributed by atoms with Gasteiger partial charge in [-0.25, -0.2) is 9.18 Å². The van der Waals surface area contributed by atoms with Crippen LogP contribution >= 0.6 is 0 Å². The van der Waals surface area contributed by atoms with Crippen molar-refractivity contribution >= 4 is 28.3 Å². The number of aliphatic hydroxyl groups excluding tert-OH is 2.